The summed E-state index contributed by atoms with van der Waals surface area (Å²) in [6, 6.07) is 6.74. The van der Waals surface area contributed by atoms with E-state index >= 15 is 0 Å². The minimum Gasteiger partial charge on any atom is -0.487 e. The highest BCUT2D eigenvalue weighted by atomic mass is 79.9. The molecule has 0 bridgehead atoms. The fourth-order valence-electron chi connectivity index (χ4n) is 3.94. The topological polar surface area (TPSA) is 30.5 Å². The lowest BCUT2D eigenvalue weighted by Gasteiger charge is -2.48. The summed E-state index contributed by atoms with van der Waals surface area (Å²) < 4.78 is 13.5. The van der Waals surface area contributed by atoms with Gasteiger partial charge in [-0.05, 0) is 32.5 Å². The standard InChI is InChI=1S/C17H24BrNO2/c1-4-19-15-10-17(8-11(2)20-12(3)9-17)21-16-7-13(18)5-6-14(15)16/h5-7,11-12,15,19H,4,8-10H2,1-3H3. The molecule has 1 fully saturated rings. The van der Waals surface area contributed by atoms with E-state index in [1.54, 1.807) is 0 Å². The largest absolute Gasteiger partial charge is 0.487 e. The summed E-state index contributed by atoms with van der Waals surface area (Å²) in [5.74, 6) is 1.02. The van der Waals surface area contributed by atoms with Crippen LogP contribution in [-0.4, -0.2) is 24.4 Å². The van der Waals surface area contributed by atoms with Crippen LogP contribution in [0.2, 0.25) is 0 Å². The van der Waals surface area contributed by atoms with E-state index in [0.29, 0.717) is 6.04 Å². The Morgan fingerprint density at radius 2 is 1.95 bits per heavy atom. The Bertz CT molecular complexity index is 510. The summed E-state index contributed by atoms with van der Waals surface area (Å²) in [7, 11) is 0. The van der Waals surface area contributed by atoms with Crippen LogP contribution >= 0.6 is 15.9 Å². The zero-order valence-electron chi connectivity index (χ0n) is 13.0. The lowest BCUT2D eigenvalue weighted by Crippen LogP contribution is -2.51. The monoisotopic (exact) mass is 353 g/mol. The van der Waals surface area contributed by atoms with Crippen molar-refractivity contribution in [2.45, 2.75) is 63.9 Å². The van der Waals surface area contributed by atoms with Gasteiger partial charge in [0.25, 0.3) is 0 Å². The van der Waals surface area contributed by atoms with Crippen molar-refractivity contribution in [3.63, 3.8) is 0 Å². The molecule has 0 amide bonds. The Balaban J connectivity index is 1.95. The van der Waals surface area contributed by atoms with Crippen LogP contribution in [0.15, 0.2) is 22.7 Å². The van der Waals surface area contributed by atoms with Crippen molar-refractivity contribution in [2.24, 2.45) is 0 Å². The molecular formula is C17H24BrNO2. The zero-order valence-corrected chi connectivity index (χ0v) is 14.6. The summed E-state index contributed by atoms with van der Waals surface area (Å²) in [5, 5.41) is 3.63. The first-order valence-corrected chi connectivity index (χ1v) is 8.68. The quantitative estimate of drug-likeness (QED) is 0.863. The van der Waals surface area contributed by atoms with Gasteiger partial charge in [0.2, 0.25) is 0 Å². The molecule has 3 rings (SSSR count). The van der Waals surface area contributed by atoms with Gasteiger partial charge in [-0.1, -0.05) is 28.9 Å². The van der Waals surface area contributed by atoms with Gasteiger partial charge in [-0.15, -0.1) is 0 Å². The van der Waals surface area contributed by atoms with Gasteiger partial charge < -0.3 is 14.8 Å². The molecule has 2 aliphatic heterocycles. The van der Waals surface area contributed by atoms with Gasteiger partial charge in [0.1, 0.15) is 11.4 Å². The van der Waals surface area contributed by atoms with E-state index < -0.39 is 0 Å². The molecule has 2 heterocycles. The van der Waals surface area contributed by atoms with Crippen LogP contribution in [0.5, 0.6) is 5.75 Å². The maximum atomic E-state index is 6.51. The smallest absolute Gasteiger partial charge is 0.126 e. The average molecular weight is 354 g/mol. The molecule has 21 heavy (non-hydrogen) atoms. The SMILES string of the molecule is CCNC1CC2(CC(C)OC(C)C2)Oc2cc(Br)ccc21. The predicted molar refractivity (Wildman–Crippen MR) is 87.8 cm³/mol. The summed E-state index contributed by atoms with van der Waals surface area (Å²) in [4.78, 5) is 0. The van der Waals surface area contributed by atoms with Gasteiger partial charge in [-0.2, -0.15) is 0 Å². The second-order valence-corrected chi connectivity index (χ2v) is 7.36. The van der Waals surface area contributed by atoms with Crippen LogP contribution in [0.4, 0.5) is 0 Å². The lowest BCUT2D eigenvalue weighted by molar-refractivity contribution is -0.130. The van der Waals surface area contributed by atoms with Crippen LogP contribution in [0.25, 0.3) is 0 Å². The first-order valence-electron chi connectivity index (χ1n) is 7.88. The fraction of sp³-hybridized carbons (Fsp3) is 0.647. The maximum Gasteiger partial charge on any atom is 0.126 e. The lowest BCUT2D eigenvalue weighted by atomic mass is 9.78. The highest BCUT2D eigenvalue weighted by Gasteiger charge is 2.45. The van der Waals surface area contributed by atoms with Crippen LogP contribution in [-0.2, 0) is 4.74 Å². The van der Waals surface area contributed by atoms with E-state index in [1.807, 2.05) is 0 Å². The number of ether oxygens (including phenoxy) is 2. The molecule has 0 radical (unpaired) electrons. The van der Waals surface area contributed by atoms with E-state index in [4.69, 9.17) is 9.47 Å². The molecule has 116 valence electrons. The summed E-state index contributed by atoms with van der Waals surface area (Å²) in [6.45, 7) is 7.44. The molecule has 0 aromatic heterocycles. The molecule has 4 heteroatoms. The van der Waals surface area contributed by atoms with Gasteiger partial charge in [0, 0.05) is 35.3 Å². The molecular weight excluding hydrogens is 330 g/mol. The molecule has 3 unspecified atom stereocenters. The predicted octanol–water partition coefficient (Wildman–Crippen LogP) is 4.21. The normalized spacial score (nSPS) is 35.3. The molecule has 1 spiro atoms. The van der Waals surface area contributed by atoms with Crippen molar-refractivity contribution in [2.75, 3.05) is 6.54 Å². The molecule has 2 aliphatic rings. The zero-order chi connectivity index (χ0) is 15.0. The third-order valence-corrected chi connectivity index (χ3v) is 4.98. The number of hydrogen-bond acceptors (Lipinski definition) is 3. The number of nitrogens with one attached hydrogen (secondary N) is 1. The molecule has 3 nitrogen and oxygen atoms in total. The first-order chi connectivity index (χ1) is 10.0. The number of halogens is 1. The Morgan fingerprint density at radius 3 is 2.62 bits per heavy atom. The van der Waals surface area contributed by atoms with E-state index in [9.17, 15) is 0 Å². The third-order valence-electron chi connectivity index (χ3n) is 4.49. The van der Waals surface area contributed by atoms with E-state index in [0.717, 1.165) is 36.0 Å². The first kappa shape index (κ1) is 15.3. The maximum absolute atomic E-state index is 6.51. The summed E-state index contributed by atoms with van der Waals surface area (Å²) >= 11 is 3.56. The number of benzene rings is 1. The van der Waals surface area contributed by atoms with Crippen molar-refractivity contribution in [1.29, 1.82) is 0 Å². The Kier molecular flexibility index (Phi) is 4.30. The molecule has 0 saturated carbocycles. The minimum atomic E-state index is -0.0995. The van der Waals surface area contributed by atoms with Crippen molar-refractivity contribution < 1.29 is 9.47 Å². The highest BCUT2D eigenvalue weighted by Crippen LogP contribution is 2.46. The molecule has 1 aromatic carbocycles. The van der Waals surface area contributed by atoms with E-state index in [1.165, 1.54) is 5.56 Å². The average Bonchev–Trinajstić information content (AvgIpc) is 2.36. The third kappa shape index (κ3) is 3.13. The van der Waals surface area contributed by atoms with E-state index in [2.05, 4.69) is 60.2 Å². The number of fused-ring (bicyclic) bond motifs is 1. The molecule has 1 saturated heterocycles. The van der Waals surface area contributed by atoms with Gasteiger partial charge >= 0.3 is 0 Å². The van der Waals surface area contributed by atoms with Gasteiger partial charge in [-0.3, -0.25) is 0 Å². The van der Waals surface area contributed by atoms with Gasteiger partial charge in [-0.25, -0.2) is 0 Å². The van der Waals surface area contributed by atoms with Gasteiger partial charge in [0.15, 0.2) is 0 Å². The highest BCUT2D eigenvalue weighted by molar-refractivity contribution is 9.10. The van der Waals surface area contributed by atoms with Crippen LogP contribution < -0.4 is 10.1 Å². The van der Waals surface area contributed by atoms with Crippen molar-refractivity contribution in [3.8, 4) is 5.75 Å². The van der Waals surface area contributed by atoms with Crippen molar-refractivity contribution in [3.05, 3.63) is 28.2 Å². The second-order valence-electron chi connectivity index (χ2n) is 6.45. The summed E-state index contributed by atoms with van der Waals surface area (Å²) in [5.41, 5.74) is 1.18. The fourth-order valence-corrected chi connectivity index (χ4v) is 4.28. The Labute approximate surface area is 135 Å². The summed E-state index contributed by atoms with van der Waals surface area (Å²) in [6.07, 6.45) is 3.46. The van der Waals surface area contributed by atoms with Gasteiger partial charge in [0.05, 0.1) is 12.2 Å². The number of rotatable bonds is 2. The molecule has 3 atom stereocenters. The van der Waals surface area contributed by atoms with Crippen LogP contribution in [0.1, 0.15) is 51.6 Å². The molecule has 1 aromatic rings. The Morgan fingerprint density at radius 1 is 1.24 bits per heavy atom. The van der Waals surface area contributed by atoms with Crippen molar-refractivity contribution >= 4 is 15.9 Å². The molecule has 1 N–H and O–H groups in total. The number of hydrogen-bond donors (Lipinski definition) is 1. The second kappa shape index (κ2) is 5.90. The van der Waals surface area contributed by atoms with Crippen LogP contribution in [0.3, 0.4) is 0 Å². The van der Waals surface area contributed by atoms with Crippen LogP contribution in [0, 0.1) is 0 Å². The molecule has 0 aliphatic carbocycles. The van der Waals surface area contributed by atoms with E-state index in [-0.39, 0.29) is 17.8 Å². The van der Waals surface area contributed by atoms with Crippen molar-refractivity contribution in [1.82, 2.24) is 5.32 Å². The Hall–Kier alpha value is -0.580. The minimum absolute atomic E-state index is 0.0995.